The smallest absolute Gasteiger partial charge is 0.246 e. The van der Waals surface area contributed by atoms with Gasteiger partial charge < -0.3 is 5.11 Å². The average Bonchev–Trinajstić information content (AvgIpc) is 3.40. The molecule has 7 rings (SSSR count). The van der Waals surface area contributed by atoms with Crippen molar-refractivity contribution in [2.24, 2.45) is 23.7 Å². The molecule has 3 fully saturated rings. The van der Waals surface area contributed by atoms with Crippen molar-refractivity contribution in [2.45, 2.75) is 57.4 Å². The van der Waals surface area contributed by atoms with Crippen molar-refractivity contribution < 1.29 is 24.3 Å². The van der Waals surface area contributed by atoms with Crippen molar-refractivity contribution in [2.75, 3.05) is 4.90 Å². The molecule has 0 unspecified atom stereocenters. The van der Waals surface area contributed by atoms with Gasteiger partial charge in [0.1, 0.15) is 5.75 Å². The van der Waals surface area contributed by atoms with E-state index in [1.165, 1.54) is 9.80 Å². The fourth-order valence-corrected chi connectivity index (χ4v) is 8.82. The number of amides is 4. The molecular weight excluding hydrogens is 588 g/mol. The van der Waals surface area contributed by atoms with Crippen LogP contribution in [0.15, 0.2) is 84.4 Å². The first kappa shape index (κ1) is 29.5. The molecule has 4 amide bonds. The lowest BCUT2D eigenvalue weighted by atomic mass is 9.49. The predicted octanol–water partition coefficient (Wildman–Crippen LogP) is 6.31. The summed E-state index contributed by atoms with van der Waals surface area (Å²) < 4.78 is 0. The zero-order valence-corrected chi connectivity index (χ0v) is 26.4. The third-order valence-electron chi connectivity index (χ3n) is 10.4. The molecule has 2 heterocycles. The van der Waals surface area contributed by atoms with E-state index < -0.39 is 40.5 Å². The summed E-state index contributed by atoms with van der Waals surface area (Å²) in [5, 5.41) is 10.9. The highest BCUT2D eigenvalue weighted by atomic mass is 35.5. The Hall–Kier alpha value is -4.23. The van der Waals surface area contributed by atoms with Gasteiger partial charge in [0.2, 0.25) is 23.6 Å². The second kappa shape index (κ2) is 10.1. The third kappa shape index (κ3) is 4.09. The van der Waals surface area contributed by atoms with Gasteiger partial charge in [0.15, 0.2) is 0 Å². The minimum absolute atomic E-state index is 0.126. The highest BCUT2D eigenvalue weighted by Crippen LogP contribution is 2.64. The van der Waals surface area contributed by atoms with Crippen LogP contribution in [-0.4, -0.2) is 39.2 Å². The Morgan fingerprint density at radius 3 is 2.27 bits per heavy atom. The number of benzene rings is 3. The number of phenolic OH excluding ortho intramolecular Hbond substituents is 1. The first-order valence-corrected chi connectivity index (χ1v) is 15.8. The van der Waals surface area contributed by atoms with E-state index in [1.807, 2.05) is 63.2 Å². The maximum Gasteiger partial charge on any atom is 0.246 e. The van der Waals surface area contributed by atoms with Crippen LogP contribution in [0.5, 0.6) is 5.75 Å². The van der Waals surface area contributed by atoms with Gasteiger partial charge in [-0.3, -0.25) is 24.1 Å². The lowest BCUT2D eigenvalue weighted by Crippen LogP contribution is -2.53. The van der Waals surface area contributed by atoms with Crippen LogP contribution < -0.4 is 4.90 Å². The summed E-state index contributed by atoms with van der Waals surface area (Å²) in [4.78, 5) is 60.4. The number of allylic oxidation sites excluding steroid dienone is 2. The van der Waals surface area contributed by atoms with Crippen LogP contribution in [0.3, 0.4) is 0 Å². The molecule has 1 saturated carbocycles. The van der Waals surface area contributed by atoms with Gasteiger partial charge in [0.25, 0.3) is 0 Å². The number of anilines is 1. The summed E-state index contributed by atoms with van der Waals surface area (Å²) in [6.45, 7) is 7.39. The topological polar surface area (TPSA) is 95.0 Å². The normalized spacial score (nSPS) is 29.4. The summed E-state index contributed by atoms with van der Waals surface area (Å²) in [6, 6.07) is 21.5. The molecule has 0 radical (unpaired) electrons. The van der Waals surface area contributed by atoms with Gasteiger partial charge in [0.05, 0.1) is 28.9 Å². The van der Waals surface area contributed by atoms with E-state index in [2.05, 4.69) is 6.08 Å². The van der Waals surface area contributed by atoms with Gasteiger partial charge >= 0.3 is 0 Å². The van der Waals surface area contributed by atoms with Crippen molar-refractivity contribution in [3.63, 3.8) is 0 Å². The molecule has 3 aromatic rings. The average molecular weight is 623 g/mol. The molecule has 0 aromatic heterocycles. The fourth-order valence-electron chi connectivity index (χ4n) is 8.64. The number of imide groups is 2. The number of phenols is 1. The van der Waals surface area contributed by atoms with Crippen LogP contribution in [-0.2, 0) is 24.6 Å². The van der Waals surface area contributed by atoms with Gasteiger partial charge in [-0.2, -0.15) is 0 Å². The Balaban J connectivity index is 1.50. The van der Waals surface area contributed by atoms with Crippen LogP contribution >= 0.6 is 11.6 Å². The van der Waals surface area contributed by atoms with E-state index in [0.29, 0.717) is 28.3 Å². The number of carbonyl (C=O) groups is 4. The predicted molar refractivity (Wildman–Crippen MR) is 171 cm³/mol. The summed E-state index contributed by atoms with van der Waals surface area (Å²) in [5.41, 5.74) is 1.38. The third-order valence-corrected chi connectivity index (χ3v) is 10.6. The number of rotatable bonds is 3. The number of aryl methyl sites for hydroxylation is 1. The first-order valence-electron chi connectivity index (χ1n) is 15.4. The molecule has 0 bridgehead atoms. The Bertz CT molecular complexity index is 1810. The van der Waals surface area contributed by atoms with Crippen molar-refractivity contribution >= 4 is 40.9 Å². The second-order valence-electron chi connectivity index (χ2n) is 13.8. The lowest BCUT2D eigenvalue weighted by molar-refractivity contribution is -0.145. The summed E-state index contributed by atoms with van der Waals surface area (Å²) >= 11 is 6.36. The second-order valence-corrected chi connectivity index (χ2v) is 14.3. The zero-order chi connectivity index (χ0) is 32.0. The molecule has 8 heteroatoms. The van der Waals surface area contributed by atoms with Gasteiger partial charge in [-0.25, -0.2) is 4.90 Å². The summed E-state index contributed by atoms with van der Waals surface area (Å²) in [7, 11) is 0. The number of aromatic hydroxyl groups is 1. The van der Waals surface area contributed by atoms with Crippen molar-refractivity contribution in [1.29, 1.82) is 0 Å². The van der Waals surface area contributed by atoms with E-state index in [-0.39, 0.29) is 35.8 Å². The molecule has 2 aliphatic heterocycles. The minimum Gasteiger partial charge on any atom is -0.508 e. The quantitative estimate of drug-likeness (QED) is 0.273. The maximum absolute atomic E-state index is 15.2. The molecule has 230 valence electrons. The molecule has 0 spiro atoms. The largest absolute Gasteiger partial charge is 0.508 e. The highest BCUT2D eigenvalue weighted by Gasteiger charge is 2.70. The molecule has 4 aliphatic rings. The zero-order valence-electron chi connectivity index (χ0n) is 25.7. The molecule has 2 saturated heterocycles. The van der Waals surface area contributed by atoms with E-state index >= 15 is 4.79 Å². The highest BCUT2D eigenvalue weighted by molar-refractivity contribution is 6.32. The molecule has 1 N–H and O–H groups in total. The molecule has 45 heavy (non-hydrogen) atoms. The molecule has 3 aromatic carbocycles. The number of hydrogen-bond donors (Lipinski definition) is 1. The van der Waals surface area contributed by atoms with Crippen LogP contribution in [0, 0.1) is 30.6 Å². The molecule has 6 atom stereocenters. The molecule has 2 aliphatic carbocycles. The minimum atomic E-state index is -1.34. The first-order chi connectivity index (χ1) is 21.4. The Labute approximate surface area is 267 Å². The van der Waals surface area contributed by atoms with Crippen LogP contribution in [0.4, 0.5) is 5.69 Å². The van der Waals surface area contributed by atoms with Crippen LogP contribution in [0.25, 0.3) is 0 Å². The number of hydrogen-bond acceptors (Lipinski definition) is 5. The fraction of sp³-hybridized carbons (Fsp3) is 0.351. The van der Waals surface area contributed by atoms with Crippen molar-refractivity contribution in [1.82, 2.24) is 4.90 Å². The Kier molecular flexibility index (Phi) is 6.64. The molecule has 7 nitrogen and oxygen atoms in total. The van der Waals surface area contributed by atoms with E-state index in [9.17, 15) is 19.5 Å². The number of likely N-dealkylation sites (tertiary alicyclic amines) is 1. The van der Waals surface area contributed by atoms with E-state index in [1.54, 1.807) is 37.3 Å². The number of fused-ring (bicyclic) bond motifs is 4. The summed E-state index contributed by atoms with van der Waals surface area (Å²) in [5.74, 6) is -4.00. The monoisotopic (exact) mass is 622 g/mol. The van der Waals surface area contributed by atoms with Crippen LogP contribution in [0.1, 0.15) is 56.2 Å². The number of nitrogens with zero attached hydrogens (tertiary/aromatic N) is 2. The Morgan fingerprint density at radius 1 is 0.867 bits per heavy atom. The van der Waals surface area contributed by atoms with Gasteiger partial charge in [-0.15, -0.1) is 0 Å². The van der Waals surface area contributed by atoms with Crippen LogP contribution in [0.2, 0.25) is 5.02 Å². The summed E-state index contributed by atoms with van der Waals surface area (Å²) in [6.07, 6.45) is 2.67. The standard InChI is InChI=1S/C37H35ClN2O5/c1-20-17-21(13-16-29(20)41)31-25-14-15-26-30(34(44)40(32(26)42)36(2,3)4)27(25)19-28-33(43)39(24-12-8-11-23(38)18-24)35(45)37(28,31)22-9-6-5-7-10-22/h5-14,16-18,26-28,30-31,41H,15,19H2,1-4H3/t26-,27+,28-,30-,31-,37+/m0/s1. The van der Waals surface area contributed by atoms with Crippen molar-refractivity contribution in [3.8, 4) is 5.75 Å². The number of halogens is 1. The Morgan fingerprint density at radius 2 is 1.60 bits per heavy atom. The van der Waals surface area contributed by atoms with E-state index in [4.69, 9.17) is 11.6 Å². The van der Waals surface area contributed by atoms with Gasteiger partial charge in [0, 0.05) is 16.5 Å². The van der Waals surface area contributed by atoms with Crippen molar-refractivity contribution in [3.05, 3.63) is 106 Å². The van der Waals surface area contributed by atoms with Gasteiger partial charge in [-0.1, -0.05) is 71.8 Å². The number of carbonyl (C=O) groups excluding carboxylic acids is 4. The van der Waals surface area contributed by atoms with Gasteiger partial charge in [-0.05, 0) is 87.4 Å². The van der Waals surface area contributed by atoms with E-state index in [0.717, 1.165) is 11.1 Å². The SMILES string of the molecule is Cc1cc([C@H]2C3=CC[C@@H]4C(=O)N(C(C)(C)C)C(=O)[C@@H]4[C@@H]3C[C@H]3C(=O)N(c4cccc(Cl)c4)C(=O)[C@@]23c2ccccc2)ccc1O. The molecular formula is C37H35ClN2O5. The lowest BCUT2D eigenvalue weighted by Gasteiger charge is -2.50. The maximum atomic E-state index is 15.2.